The van der Waals surface area contributed by atoms with Crippen molar-refractivity contribution in [2.45, 2.75) is 13.8 Å². The van der Waals surface area contributed by atoms with Crippen molar-refractivity contribution >= 4 is 23.7 Å². The van der Waals surface area contributed by atoms with Gasteiger partial charge in [-0.25, -0.2) is 5.43 Å². The highest BCUT2D eigenvalue weighted by atomic mass is 35.5. The van der Waals surface area contributed by atoms with Crippen molar-refractivity contribution in [1.29, 1.82) is 0 Å². The molecule has 0 unspecified atom stereocenters. The van der Waals surface area contributed by atoms with Gasteiger partial charge in [-0.3, -0.25) is 4.79 Å². The lowest BCUT2D eigenvalue weighted by Gasteiger charge is -2.04. The molecule has 0 saturated carbocycles. The normalized spacial score (nSPS) is 10.8. The van der Waals surface area contributed by atoms with Gasteiger partial charge in [-0.15, -0.1) is 0 Å². The number of nitrogens with one attached hydrogen (secondary N) is 1. The maximum absolute atomic E-state index is 11.9. The molecule has 2 aromatic rings. The summed E-state index contributed by atoms with van der Waals surface area (Å²) in [7, 11) is 0. The van der Waals surface area contributed by atoms with Gasteiger partial charge in [0.2, 0.25) is 0 Å². The van der Waals surface area contributed by atoms with Crippen LogP contribution in [0.5, 0.6) is 5.75 Å². The minimum atomic E-state index is -0.400. The minimum Gasteiger partial charge on any atom is -0.507 e. The van der Waals surface area contributed by atoms with E-state index in [1.165, 1.54) is 6.21 Å². The zero-order chi connectivity index (χ0) is 15.4. The largest absolute Gasteiger partial charge is 0.507 e. The molecule has 0 heterocycles. The Kier molecular flexibility index (Phi) is 4.60. The third-order valence-corrected chi connectivity index (χ3v) is 3.32. The van der Waals surface area contributed by atoms with E-state index >= 15 is 0 Å². The Labute approximate surface area is 128 Å². The molecule has 0 atom stereocenters. The van der Waals surface area contributed by atoms with Crippen LogP contribution in [0.3, 0.4) is 0 Å². The van der Waals surface area contributed by atoms with E-state index in [2.05, 4.69) is 10.5 Å². The van der Waals surface area contributed by atoms with Crippen LogP contribution >= 0.6 is 11.6 Å². The van der Waals surface area contributed by atoms with Crippen molar-refractivity contribution in [2.75, 3.05) is 0 Å². The SMILES string of the molecule is Cc1ccc(C(=O)NN=Cc2cccc(C)c2O)c(Cl)c1. The number of amides is 1. The van der Waals surface area contributed by atoms with Crippen molar-refractivity contribution in [3.63, 3.8) is 0 Å². The van der Waals surface area contributed by atoms with Crippen LogP contribution < -0.4 is 5.43 Å². The summed E-state index contributed by atoms with van der Waals surface area (Å²) >= 11 is 6.01. The first-order valence-electron chi connectivity index (χ1n) is 6.37. The summed E-state index contributed by atoms with van der Waals surface area (Å²) in [5.74, 6) is -0.257. The molecule has 2 N–H and O–H groups in total. The zero-order valence-corrected chi connectivity index (χ0v) is 12.5. The summed E-state index contributed by atoms with van der Waals surface area (Å²) < 4.78 is 0. The van der Waals surface area contributed by atoms with E-state index in [4.69, 9.17) is 11.6 Å². The van der Waals surface area contributed by atoms with E-state index in [-0.39, 0.29) is 5.75 Å². The molecule has 21 heavy (non-hydrogen) atoms. The first kappa shape index (κ1) is 15.1. The van der Waals surface area contributed by atoms with Crippen LogP contribution in [-0.2, 0) is 0 Å². The van der Waals surface area contributed by atoms with Crippen molar-refractivity contribution in [1.82, 2.24) is 5.43 Å². The number of benzene rings is 2. The lowest BCUT2D eigenvalue weighted by atomic mass is 10.1. The maximum Gasteiger partial charge on any atom is 0.272 e. The van der Waals surface area contributed by atoms with Gasteiger partial charge in [-0.1, -0.05) is 29.8 Å². The van der Waals surface area contributed by atoms with Crippen molar-refractivity contribution < 1.29 is 9.90 Å². The molecule has 1 amide bonds. The summed E-state index contributed by atoms with van der Waals surface area (Å²) in [6.07, 6.45) is 1.39. The number of aryl methyl sites for hydroxylation is 2. The van der Waals surface area contributed by atoms with E-state index in [0.29, 0.717) is 16.1 Å². The third kappa shape index (κ3) is 3.61. The predicted octanol–water partition coefficient (Wildman–Crippen LogP) is 3.43. The highest BCUT2D eigenvalue weighted by molar-refractivity contribution is 6.33. The zero-order valence-electron chi connectivity index (χ0n) is 11.7. The van der Waals surface area contributed by atoms with Crippen LogP contribution in [0.2, 0.25) is 5.02 Å². The number of aromatic hydroxyl groups is 1. The molecule has 0 radical (unpaired) electrons. The minimum absolute atomic E-state index is 0.142. The third-order valence-electron chi connectivity index (χ3n) is 3.01. The number of hydrazone groups is 1. The Balaban J connectivity index is 2.10. The molecule has 108 valence electrons. The number of rotatable bonds is 3. The number of halogens is 1. The lowest BCUT2D eigenvalue weighted by molar-refractivity contribution is 0.0955. The molecule has 2 rings (SSSR count). The maximum atomic E-state index is 11.9. The van der Waals surface area contributed by atoms with Gasteiger partial charge in [0, 0.05) is 5.56 Å². The number of phenolic OH excluding ortho intramolecular Hbond substituents is 1. The highest BCUT2D eigenvalue weighted by Gasteiger charge is 2.09. The Morgan fingerprint density at radius 1 is 1.29 bits per heavy atom. The molecule has 0 aliphatic carbocycles. The Bertz CT molecular complexity index is 711. The summed E-state index contributed by atoms with van der Waals surface area (Å²) in [5.41, 5.74) is 5.00. The van der Waals surface area contributed by atoms with Crippen molar-refractivity contribution in [3.8, 4) is 5.75 Å². The molecule has 0 fully saturated rings. The fourth-order valence-electron chi connectivity index (χ4n) is 1.81. The molecule has 2 aromatic carbocycles. The van der Waals surface area contributed by atoms with Crippen LogP contribution in [0.25, 0.3) is 0 Å². The molecule has 0 bridgehead atoms. The summed E-state index contributed by atoms with van der Waals surface area (Å²) in [4.78, 5) is 11.9. The molecule has 0 aliphatic heterocycles. The summed E-state index contributed by atoms with van der Waals surface area (Å²) in [6, 6.07) is 10.5. The molecular weight excluding hydrogens is 288 g/mol. The predicted molar refractivity (Wildman–Crippen MR) is 84.1 cm³/mol. The fourth-order valence-corrected chi connectivity index (χ4v) is 2.13. The van der Waals surface area contributed by atoms with Gasteiger partial charge in [0.15, 0.2) is 0 Å². The first-order valence-corrected chi connectivity index (χ1v) is 6.75. The molecule has 4 nitrogen and oxygen atoms in total. The second kappa shape index (κ2) is 6.41. The molecular formula is C16H15ClN2O2. The van der Waals surface area contributed by atoms with Gasteiger partial charge in [-0.2, -0.15) is 5.10 Å². The molecule has 0 aliphatic rings. The number of hydrogen-bond acceptors (Lipinski definition) is 3. The molecule has 0 spiro atoms. The van der Waals surface area contributed by atoms with Crippen LogP contribution in [0, 0.1) is 13.8 Å². The van der Waals surface area contributed by atoms with Crippen LogP contribution in [0.4, 0.5) is 0 Å². The number of nitrogens with zero attached hydrogens (tertiary/aromatic N) is 1. The van der Waals surface area contributed by atoms with Crippen LogP contribution in [0.1, 0.15) is 27.0 Å². The average Bonchev–Trinajstić information content (AvgIpc) is 2.43. The molecule has 5 heteroatoms. The van der Waals surface area contributed by atoms with Gasteiger partial charge in [-0.05, 0) is 43.2 Å². The lowest BCUT2D eigenvalue weighted by Crippen LogP contribution is -2.18. The van der Waals surface area contributed by atoms with Gasteiger partial charge < -0.3 is 5.11 Å². The molecule has 0 aromatic heterocycles. The van der Waals surface area contributed by atoms with Gasteiger partial charge in [0.05, 0.1) is 16.8 Å². The van der Waals surface area contributed by atoms with Crippen LogP contribution in [-0.4, -0.2) is 17.2 Å². The fraction of sp³-hybridized carbons (Fsp3) is 0.125. The van der Waals surface area contributed by atoms with E-state index in [1.807, 2.05) is 6.92 Å². The first-order chi connectivity index (χ1) is 9.99. The van der Waals surface area contributed by atoms with E-state index < -0.39 is 5.91 Å². The topological polar surface area (TPSA) is 61.7 Å². The number of carbonyl (C=O) groups excluding carboxylic acids is 1. The Hall–Kier alpha value is -2.33. The number of hydrogen-bond donors (Lipinski definition) is 2. The van der Waals surface area contributed by atoms with E-state index in [9.17, 15) is 9.90 Å². The standard InChI is InChI=1S/C16H15ClN2O2/c1-10-6-7-13(14(17)8-10)16(21)19-18-9-12-5-3-4-11(2)15(12)20/h3-9,20H,1-2H3,(H,19,21). The molecule has 0 saturated heterocycles. The van der Waals surface area contributed by atoms with Gasteiger partial charge in [0.1, 0.15) is 5.75 Å². The number of phenols is 1. The average molecular weight is 303 g/mol. The van der Waals surface area contributed by atoms with Gasteiger partial charge >= 0.3 is 0 Å². The number of para-hydroxylation sites is 1. The van der Waals surface area contributed by atoms with Gasteiger partial charge in [0.25, 0.3) is 5.91 Å². The second-order valence-corrected chi connectivity index (χ2v) is 5.10. The van der Waals surface area contributed by atoms with Crippen molar-refractivity contribution in [3.05, 3.63) is 63.7 Å². The number of carbonyl (C=O) groups is 1. The summed E-state index contributed by atoms with van der Waals surface area (Å²) in [6.45, 7) is 3.68. The Morgan fingerprint density at radius 2 is 2.05 bits per heavy atom. The van der Waals surface area contributed by atoms with E-state index in [0.717, 1.165) is 11.1 Å². The summed E-state index contributed by atoms with van der Waals surface area (Å²) in [5, 5.41) is 14.0. The van der Waals surface area contributed by atoms with Crippen LogP contribution in [0.15, 0.2) is 41.5 Å². The highest BCUT2D eigenvalue weighted by Crippen LogP contribution is 2.19. The van der Waals surface area contributed by atoms with Crippen molar-refractivity contribution in [2.24, 2.45) is 5.10 Å². The second-order valence-electron chi connectivity index (χ2n) is 4.70. The Morgan fingerprint density at radius 3 is 2.76 bits per heavy atom. The van der Waals surface area contributed by atoms with E-state index in [1.54, 1.807) is 43.3 Å². The quantitative estimate of drug-likeness (QED) is 0.674. The smallest absolute Gasteiger partial charge is 0.272 e. The monoisotopic (exact) mass is 302 g/mol.